The molecule has 0 unspecified atom stereocenters. The average Bonchev–Trinajstić information content (AvgIpc) is 2.58. The molecule has 0 heterocycles. The van der Waals surface area contributed by atoms with Gasteiger partial charge in [0, 0.05) is 5.69 Å². The SMILES string of the molecule is Cc1cc(C)cc(OCC(=O)OCC(=O)Nc2ccc(OC(F)(F)F)cc2)c1. The van der Waals surface area contributed by atoms with Gasteiger partial charge in [0.25, 0.3) is 5.91 Å². The number of esters is 1. The van der Waals surface area contributed by atoms with E-state index in [2.05, 4.69) is 10.1 Å². The van der Waals surface area contributed by atoms with Crippen molar-refractivity contribution in [2.45, 2.75) is 20.2 Å². The summed E-state index contributed by atoms with van der Waals surface area (Å²) in [4.78, 5) is 23.4. The number of carbonyl (C=O) groups excluding carboxylic acids is 2. The Morgan fingerprint density at radius 1 is 0.929 bits per heavy atom. The highest BCUT2D eigenvalue weighted by Crippen LogP contribution is 2.23. The number of amides is 1. The number of carbonyl (C=O) groups is 2. The fourth-order valence-electron chi connectivity index (χ4n) is 2.28. The van der Waals surface area contributed by atoms with Crippen LogP contribution >= 0.6 is 0 Å². The second kappa shape index (κ2) is 9.12. The van der Waals surface area contributed by atoms with Crippen LogP contribution < -0.4 is 14.8 Å². The summed E-state index contributed by atoms with van der Waals surface area (Å²) < 4.78 is 50.1. The molecular weight excluding hydrogens is 379 g/mol. The zero-order valence-corrected chi connectivity index (χ0v) is 15.1. The molecule has 0 saturated heterocycles. The lowest BCUT2D eigenvalue weighted by atomic mass is 10.1. The highest BCUT2D eigenvalue weighted by Gasteiger charge is 2.30. The highest BCUT2D eigenvalue weighted by atomic mass is 19.4. The van der Waals surface area contributed by atoms with Crippen molar-refractivity contribution in [3.63, 3.8) is 0 Å². The van der Waals surface area contributed by atoms with Gasteiger partial charge >= 0.3 is 12.3 Å². The zero-order valence-electron chi connectivity index (χ0n) is 15.1. The summed E-state index contributed by atoms with van der Waals surface area (Å²) in [5, 5.41) is 2.38. The van der Waals surface area contributed by atoms with E-state index < -0.39 is 30.6 Å². The average molecular weight is 397 g/mol. The van der Waals surface area contributed by atoms with Gasteiger partial charge in [0.15, 0.2) is 13.2 Å². The third kappa shape index (κ3) is 7.56. The lowest BCUT2D eigenvalue weighted by Gasteiger charge is -2.10. The number of benzene rings is 2. The third-order valence-electron chi connectivity index (χ3n) is 3.29. The Kier molecular flexibility index (Phi) is 6.86. The van der Waals surface area contributed by atoms with E-state index >= 15 is 0 Å². The topological polar surface area (TPSA) is 73.9 Å². The fourth-order valence-corrected chi connectivity index (χ4v) is 2.28. The number of hydrogen-bond donors (Lipinski definition) is 1. The first-order valence-corrected chi connectivity index (χ1v) is 8.13. The monoisotopic (exact) mass is 397 g/mol. The quantitative estimate of drug-likeness (QED) is 0.720. The molecule has 2 rings (SSSR count). The van der Waals surface area contributed by atoms with Crippen LogP contribution in [0.5, 0.6) is 11.5 Å². The van der Waals surface area contributed by atoms with E-state index in [9.17, 15) is 22.8 Å². The number of hydrogen-bond acceptors (Lipinski definition) is 5. The molecule has 0 bridgehead atoms. The van der Waals surface area contributed by atoms with Crippen LogP contribution in [-0.4, -0.2) is 31.5 Å². The number of aryl methyl sites for hydroxylation is 2. The van der Waals surface area contributed by atoms with Gasteiger partial charge in [0.05, 0.1) is 0 Å². The first-order chi connectivity index (χ1) is 13.1. The van der Waals surface area contributed by atoms with Crippen molar-refractivity contribution in [1.82, 2.24) is 0 Å². The number of rotatable bonds is 7. The Balaban J connectivity index is 1.74. The van der Waals surface area contributed by atoms with Crippen molar-refractivity contribution in [3.05, 3.63) is 53.6 Å². The number of anilines is 1. The smallest absolute Gasteiger partial charge is 0.482 e. The van der Waals surface area contributed by atoms with Crippen molar-refractivity contribution in [3.8, 4) is 11.5 Å². The predicted molar refractivity (Wildman–Crippen MR) is 94.1 cm³/mol. The largest absolute Gasteiger partial charge is 0.573 e. The Morgan fingerprint density at radius 3 is 2.11 bits per heavy atom. The van der Waals surface area contributed by atoms with Gasteiger partial charge in [-0.25, -0.2) is 4.79 Å². The molecule has 0 aliphatic rings. The summed E-state index contributed by atoms with van der Waals surface area (Å²) in [6.45, 7) is 2.87. The van der Waals surface area contributed by atoms with Crippen molar-refractivity contribution in [2.75, 3.05) is 18.5 Å². The van der Waals surface area contributed by atoms with Crippen LogP contribution in [0.25, 0.3) is 0 Å². The molecule has 2 aromatic carbocycles. The van der Waals surface area contributed by atoms with Crippen LogP contribution in [0.4, 0.5) is 18.9 Å². The van der Waals surface area contributed by atoms with Gasteiger partial charge in [-0.2, -0.15) is 0 Å². The summed E-state index contributed by atoms with van der Waals surface area (Å²) in [5.41, 5.74) is 2.19. The van der Waals surface area contributed by atoms with Gasteiger partial charge < -0.3 is 19.5 Å². The van der Waals surface area contributed by atoms with E-state index in [1.54, 1.807) is 12.1 Å². The van der Waals surface area contributed by atoms with Gasteiger partial charge in [-0.15, -0.1) is 13.2 Å². The molecule has 6 nitrogen and oxygen atoms in total. The highest BCUT2D eigenvalue weighted by molar-refractivity contribution is 5.92. The lowest BCUT2D eigenvalue weighted by molar-refractivity contribution is -0.274. The second-order valence-electron chi connectivity index (χ2n) is 5.89. The number of nitrogens with one attached hydrogen (secondary N) is 1. The molecule has 0 atom stereocenters. The van der Waals surface area contributed by atoms with E-state index in [1.165, 1.54) is 12.1 Å². The minimum Gasteiger partial charge on any atom is -0.482 e. The molecule has 0 aromatic heterocycles. The maximum absolute atomic E-state index is 12.1. The van der Waals surface area contributed by atoms with Crippen LogP contribution in [0.2, 0.25) is 0 Å². The maximum Gasteiger partial charge on any atom is 0.573 e. The standard InChI is InChI=1S/C19H18F3NO5/c1-12-7-13(2)9-16(8-12)26-11-18(25)27-10-17(24)23-14-3-5-15(6-4-14)28-19(20,21)22/h3-9H,10-11H2,1-2H3,(H,23,24). The molecule has 1 amide bonds. The normalized spacial score (nSPS) is 10.9. The molecule has 0 aliphatic carbocycles. The van der Waals surface area contributed by atoms with Crippen LogP contribution in [0, 0.1) is 13.8 Å². The van der Waals surface area contributed by atoms with E-state index in [0.29, 0.717) is 5.75 Å². The molecule has 150 valence electrons. The summed E-state index contributed by atoms with van der Waals surface area (Å²) in [6.07, 6.45) is -4.79. The molecule has 28 heavy (non-hydrogen) atoms. The van der Waals surface area contributed by atoms with Crippen LogP contribution in [0.15, 0.2) is 42.5 Å². The molecular formula is C19H18F3NO5. The van der Waals surface area contributed by atoms with Crippen LogP contribution in [-0.2, 0) is 14.3 Å². The fraction of sp³-hybridized carbons (Fsp3) is 0.263. The van der Waals surface area contributed by atoms with Gasteiger partial charge in [-0.3, -0.25) is 4.79 Å². The van der Waals surface area contributed by atoms with Gasteiger partial charge in [-0.05, 0) is 61.4 Å². The van der Waals surface area contributed by atoms with E-state index in [1.807, 2.05) is 19.9 Å². The zero-order chi connectivity index (χ0) is 20.7. The third-order valence-corrected chi connectivity index (χ3v) is 3.29. The minimum atomic E-state index is -4.79. The summed E-state index contributed by atoms with van der Waals surface area (Å²) in [7, 11) is 0. The molecule has 0 radical (unpaired) electrons. The Labute approximate surface area is 159 Å². The molecule has 0 aliphatic heterocycles. The van der Waals surface area contributed by atoms with E-state index in [0.717, 1.165) is 23.3 Å². The summed E-state index contributed by atoms with van der Waals surface area (Å²) >= 11 is 0. The van der Waals surface area contributed by atoms with E-state index in [-0.39, 0.29) is 12.3 Å². The second-order valence-corrected chi connectivity index (χ2v) is 5.89. The first kappa shape index (κ1) is 21.1. The summed E-state index contributed by atoms with van der Waals surface area (Å²) in [5.74, 6) is -1.28. The molecule has 0 fully saturated rings. The Hall–Kier alpha value is -3.23. The minimum absolute atomic E-state index is 0.224. The van der Waals surface area contributed by atoms with Crippen molar-refractivity contribution < 1.29 is 37.0 Å². The number of alkyl halides is 3. The first-order valence-electron chi connectivity index (χ1n) is 8.13. The Bertz CT molecular complexity index is 814. The Morgan fingerprint density at radius 2 is 1.54 bits per heavy atom. The van der Waals surface area contributed by atoms with Gasteiger partial charge in [0.2, 0.25) is 0 Å². The molecule has 0 saturated carbocycles. The van der Waals surface area contributed by atoms with Crippen molar-refractivity contribution in [2.24, 2.45) is 0 Å². The van der Waals surface area contributed by atoms with Crippen LogP contribution in [0.3, 0.4) is 0 Å². The van der Waals surface area contributed by atoms with Gasteiger partial charge in [0.1, 0.15) is 11.5 Å². The maximum atomic E-state index is 12.1. The summed E-state index contributed by atoms with van der Waals surface area (Å²) in [6, 6.07) is 10.0. The van der Waals surface area contributed by atoms with Crippen molar-refractivity contribution >= 4 is 17.6 Å². The lowest BCUT2D eigenvalue weighted by Crippen LogP contribution is -2.23. The molecule has 2 aromatic rings. The molecule has 0 spiro atoms. The van der Waals surface area contributed by atoms with Crippen molar-refractivity contribution in [1.29, 1.82) is 0 Å². The predicted octanol–water partition coefficient (Wildman–Crippen LogP) is 3.76. The number of halogens is 3. The van der Waals surface area contributed by atoms with Gasteiger partial charge in [-0.1, -0.05) is 6.07 Å². The van der Waals surface area contributed by atoms with E-state index in [4.69, 9.17) is 9.47 Å². The molecule has 9 heteroatoms. The van der Waals surface area contributed by atoms with Crippen LogP contribution in [0.1, 0.15) is 11.1 Å². The molecule has 1 N–H and O–H groups in total. The number of ether oxygens (including phenoxy) is 3.